The van der Waals surface area contributed by atoms with E-state index in [0.29, 0.717) is 10.6 Å². The molecule has 0 radical (unpaired) electrons. The molecule has 0 saturated heterocycles. The summed E-state index contributed by atoms with van der Waals surface area (Å²) in [4.78, 5) is 39.3. The van der Waals surface area contributed by atoms with Crippen LogP contribution in [0.25, 0.3) is 0 Å². The molecular formula is C25H16Cl2F3N3O3. The quantitative estimate of drug-likeness (QED) is 0.374. The van der Waals surface area contributed by atoms with Gasteiger partial charge in [-0.2, -0.15) is 13.2 Å². The molecule has 1 heterocycles. The van der Waals surface area contributed by atoms with Gasteiger partial charge in [-0.15, -0.1) is 0 Å². The molecule has 184 valence electrons. The number of carbonyl (C=O) groups is 3. The summed E-state index contributed by atoms with van der Waals surface area (Å²) in [7, 11) is 0. The van der Waals surface area contributed by atoms with E-state index in [4.69, 9.17) is 23.2 Å². The van der Waals surface area contributed by atoms with Gasteiger partial charge in [0.1, 0.15) is 10.7 Å². The molecule has 3 aromatic rings. The van der Waals surface area contributed by atoms with E-state index in [0.717, 1.165) is 17.0 Å². The molecule has 6 nitrogen and oxygen atoms in total. The maximum atomic E-state index is 13.3. The van der Waals surface area contributed by atoms with Crippen LogP contribution in [0.5, 0.6) is 0 Å². The highest BCUT2D eigenvalue weighted by Crippen LogP contribution is 2.35. The van der Waals surface area contributed by atoms with Gasteiger partial charge in [-0.25, -0.2) is 4.90 Å². The first-order valence-corrected chi connectivity index (χ1v) is 11.1. The fourth-order valence-electron chi connectivity index (χ4n) is 3.53. The Labute approximate surface area is 213 Å². The van der Waals surface area contributed by atoms with Crippen molar-refractivity contribution in [3.63, 3.8) is 0 Å². The van der Waals surface area contributed by atoms with Crippen molar-refractivity contribution in [3.05, 3.63) is 99.2 Å². The third-order valence-electron chi connectivity index (χ3n) is 5.33. The number of halogens is 5. The summed E-state index contributed by atoms with van der Waals surface area (Å²) < 4.78 is 39.8. The first-order valence-electron chi connectivity index (χ1n) is 10.4. The Bertz CT molecular complexity index is 1440. The van der Waals surface area contributed by atoms with Gasteiger partial charge in [0, 0.05) is 16.3 Å². The van der Waals surface area contributed by atoms with E-state index in [1.54, 1.807) is 19.1 Å². The van der Waals surface area contributed by atoms with Crippen LogP contribution in [0.4, 0.5) is 30.2 Å². The van der Waals surface area contributed by atoms with Gasteiger partial charge >= 0.3 is 6.18 Å². The van der Waals surface area contributed by atoms with E-state index >= 15 is 0 Å². The summed E-state index contributed by atoms with van der Waals surface area (Å²) in [5.74, 6) is -2.30. The van der Waals surface area contributed by atoms with Crippen molar-refractivity contribution in [1.82, 2.24) is 0 Å². The summed E-state index contributed by atoms with van der Waals surface area (Å²) in [5.41, 5.74) is -0.526. The van der Waals surface area contributed by atoms with Gasteiger partial charge in [-0.1, -0.05) is 47.5 Å². The molecule has 2 N–H and O–H groups in total. The molecule has 0 bridgehead atoms. The second kappa shape index (κ2) is 9.67. The maximum Gasteiger partial charge on any atom is 0.418 e. The fraction of sp³-hybridized carbons (Fsp3) is 0.0800. The molecule has 1 aliphatic rings. The number of para-hydroxylation sites is 1. The highest BCUT2D eigenvalue weighted by atomic mass is 35.5. The summed E-state index contributed by atoms with van der Waals surface area (Å²) in [6.07, 6.45) is -4.66. The molecule has 0 spiro atoms. The van der Waals surface area contributed by atoms with Crippen LogP contribution in [0, 0.1) is 6.92 Å². The minimum atomic E-state index is -4.66. The number of aryl methyl sites for hydroxylation is 1. The van der Waals surface area contributed by atoms with E-state index in [1.165, 1.54) is 42.5 Å². The van der Waals surface area contributed by atoms with Crippen molar-refractivity contribution in [2.45, 2.75) is 13.1 Å². The minimum absolute atomic E-state index is 0.0141. The SMILES string of the molecule is Cc1ccc(C(=O)Nc2ccccc2C(F)(F)F)cc1NC1=C(Cl)C(=O)N(c2cccc(Cl)c2)C1=O. The zero-order valence-corrected chi connectivity index (χ0v) is 19.9. The van der Waals surface area contributed by atoms with Crippen LogP contribution in [-0.4, -0.2) is 17.7 Å². The molecule has 0 unspecified atom stereocenters. The molecule has 0 fully saturated rings. The normalized spacial score (nSPS) is 13.9. The van der Waals surface area contributed by atoms with Crippen molar-refractivity contribution >= 4 is 58.0 Å². The van der Waals surface area contributed by atoms with E-state index in [9.17, 15) is 27.6 Å². The topological polar surface area (TPSA) is 78.5 Å². The molecule has 0 aromatic heterocycles. The predicted molar refractivity (Wildman–Crippen MR) is 131 cm³/mol. The van der Waals surface area contributed by atoms with Crippen molar-refractivity contribution in [3.8, 4) is 0 Å². The highest BCUT2D eigenvalue weighted by molar-refractivity contribution is 6.53. The number of anilines is 3. The van der Waals surface area contributed by atoms with Gasteiger partial charge < -0.3 is 10.6 Å². The Morgan fingerprint density at radius 2 is 1.61 bits per heavy atom. The molecule has 1 aliphatic heterocycles. The number of nitrogens with one attached hydrogen (secondary N) is 2. The number of benzene rings is 3. The second-order valence-corrected chi connectivity index (χ2v) is 8.58. The number of hydrogen-bond acceptors (Lipinski definition) is 4. The van der Waals surface area contributed by atoms with Crippen molar-refractivity contribution in [2.75, 3.05) is 15.5 Å². The summed E-state index contributed by atoms with van der Waals surface area (Å²) in [6.45, 7) is 1.67. The summed E-state index contributed by atoms with van der Waals surface area (Å²) in [6, 6.07) is 15.0. The lowest BCUT2D eigenvalue weighted by Crippen LogP contribution is -2.32. The number of amides is 3. The largest absolute Gasteiger partial charge is 0.418 e. The Hall–Kier alpha value is -3.82. The van der Waals surface area contributed by atoms with Crippen LogP contribution >= 0.6 is 23.2 Å². The molecular weight excluding hydrogens is 518 g/mol. The van der Waals surface area contributed by atoms with Crippen molar-refractivity contribution in [1.29, 1.82) is 0 Å². The first-order chi connectivity index (χ1) is 17.0. The van der Waals surface area contributed by atoms with E-state index in [-0.39, 0.29) is 27.7 Å². The zero-order chi connectivity index (χ0) is 26.2. The predicted octanol–water partition coefficient (Wildman–Crippen LogP) is 6.36. The third kappa shape index (κ3) is 4.93. The summed E-state index contributed by atoms with van der Waals surface area (Å²) >= 11 is 12.1. The zero-order valence-electron chi connectivity index (χ0n) is 18.4. The first kappa shape index (κ1) is 25.3. The molecule has 11 heteroatoms. The number of hydrogen-bond donors (Lipinski definition) is 2. The number of alkyl halides is 3. The lowest BCUT2D eigenvalue weighted by atomic mass is 10.1. The van der Waals surface area contributed by atoms with Crippen LogP contribution in [0.3, 0.4) is 0 Å². The Kier molecular flexibility index (Phi) is 6.79. The lowest BCUT2D eigenvalue weighted by molar-refractivity contribution is -0.137. The number of rotatable bonds is 5. The summed E-state index contributed by atoms with van der Waals surface area (Å²) in [5, 5.41) is 5.00. The molecule has 36 heavy (non-hydrogen) atoms. The molecule has 0 aliphatic carbocycles. The van der Waals surface area contributed by atoms with Gasteiger partial charge in [0.05, 0.1) is 16.9 Å². The lowest BCUT2D eigenvalue weighted by Gasteiger charge is -2.16. The molecule has 0 saturated carbocycles. The second-order valence-electron chi connectivity index (χ2n) is 7.77. The van der Waals surface area contributed by atoms with Crippen molar-refractivity contribution in [2.24, 2.45) is 0 Å². The van der Waals surface area contributed by atoms with Crippen LogP contribution in [0.15, 0.2) is 77.5 Å². The van der Waals surface area contributed by atoms with Gasteiger partial charge in [-0.05, 0) is 55.0 Å². The van der Waals surface area contributed by atoms with Gasteiger partial charge in [0.15, 0.2) is 0 Å². The van der Waals surface area contributed by atoms with Crippen LogP contribution in [0.1, 0.15) is 21.5 Å². The van der Waals surface area contributed by atoms with Crippen LogP contribution in [-0.2, 0) is 15.8 Å². The van der Waals surface area contributed by atoms with E-state index < -0.39 is 35.1 Å². The van der Waals surface area contributed by atoms with Gasteiger partial charge in [0.25, 0.3) is 17.7 Å². The Balaban J connectivity index is 1.60. The highest BCUT2D eigenvalue weighted by Gasteiger charge is 2.39. The molecule has 4 rings (SSSR count). The smallest absolute Gasteiger partial charge is 0.349 e. The third-order valence-corrected chi connectivity index (χ3v) is 5.92. The maximum absolute atomic E-state index is 13.3. The van der Waals surface area contributed by atoms with Crippen LogP contribution in [0.2, 0.25) is 5.02 Å². The molecule has 3 aromatic carbocycles. The monoisotopic (exact) mass is 533 g/mol. The van der Waals surface area contributed by atoms with E-state index in [1.807, 2.05) is 0 Å². The van der Waals surface area contributed by atoms with Gasteiger partial charge in [0.2, 0.25) is 0 Å². The number of carbonyl (C=O) groups excluding carboxylic acids is 3. The van der Waals surface area contributed by atoms with Gasteiger partial charge in [-0.3, -0.25) is 14.4 Å². The van der Waals surface area contributed by atoms with E-state index in [2.05, 4.69) is 10.6 Å². The Morgan fingerprint density at radius 3 is 2.31 bits per heavy atom. The van der Waals surface area contributed by atoms with Crippen LogP contribution < -0.4 is 15.5 Å². The molecule has 0 atom stereocenters. The average Bonchev–Trinajstić information content (AvgIpc) is 3.03. The molecule has 3 amide bonds. The standard InChI is InChI=1S/C25H16Cl2F3N3O3/c1-13-9-10-14(22(34)32-18-8-3-2-7-17(18)25(28,29)30)11-19(13)31-21-20(27)23(35)33(24(21)36)16-6-4-5-15(26)12-16/h2-12,31H,1H3,(H,32,34). The van der Waals surface area contributed by atoms with Crippen molar-refractivity contribution < 1.29 is 27.6 Å². The number of imide groups is 1. The minimum Gasteiger partial charge on any atom is -0.349 e. The fourth-order valence-corrected chi connectivity index (χ4v) is 3.92. The average molecular weight is 534 g/mol. The number of nitrogens with zero attached hydrogens (tertiary/aromatic N) is 1. The Morgan fingerprint density at radius 1 is 0.889 bits per heavy atom.